The molecule has 0 heterocycles. The minimum atomic E-state index is -0.180. The van der Waals surface area contributed by atoms with E-state index < -0.39 is 0 Å². The zero-order valence-corrected chi connectivity index (χ0v) is 15.9. The van der Waals surface area contributed by atoms with E-state index in [4.69, 9.17) is 6.42 Å². The van der Waals surface area contributed by atoms with Crippen LogP contribution >= 0.6 is 39.9 Å². The SMILES string of the molecule is C#CCNC(=NCCCc1ccc(Br)cc1F)NCC.I. The minimum Gasteiger partial charge on any atom is -0.357 e. The highest BCUT2D eigenvalue weighted by Gasteiger charge is 2.02. The maximum atomic E-state index is 13.6. The van der Waals surface area contributed by atoms with Crippen LogP contribution in [0, 0.1) is 18.2 Å². The van der Waals surface area contributed by atoms with E-state index in [1.807, 2.05) is 13.0 Å². The first-order valence-electron chi connectivity index (χ1n) is 6.57. The molecule has 1 aromatic rings. The predicted octanol–water partition coefficient (Wildman–Crippen LogP) is 3.33. The molecule has 0 aliphatic rings. The lowest BCUT2D eigenvalue weighted by atomic mass is 10.1. The van der Waals surface area contributed by atoms with Gasteiger partial charge >= 0.3 is 0 Å². The molecule has 2 N–H and O–H groups in total. The van der Waals surface area contributed by atoms with Crippen LogP contribution in [0.2, 0.25) is 0 Å². The Morgan fingerprint density at radius 2 is 2.19 bits per heavy atom. The number of nitrogens with zero attached hydrogens (tertiary/aromatic N) is 1. The van der Waals surface area contributed by atoms with Gasteiger partial charge in [0.15, 0.2) is 5.96 Å². The number of aliphatic imine (C=N–C) groups is 1. The van der Waals surface area contributed by atoms with Gasteiger partial charge in [-0.3, -0.25) is 4.99 Å². The van der Waals surface area contributed by atoms with Gasteiger partial charge in [-0.25, -0.2) is 4.39 Å². The average Bonchev–Trinajstić information content (AvgIpc) is 2.42. The van der Waals surface area contributed by atoms with Crippen LogP contribution in [0.5, 0.6) is 0 Å². The summed E-state index contributed by atoms with van der Waals surface area (Å²) in [5.74, 6) is 3.02. The minimum absolute atomic E-state index is 0. The van der Waals surface area contributed by atoms with E-state index in [0.717, 1.165) is 17.4 Å². The van der Waals surface area contributed by atoms with Crippen molar-refractivity contribution in [1.29, 1.82) is 0 Å². The third-order valence-electron chi connectivity index (χ3n) is 2.59. The number of nitrogens with one attached hydrogen (secondary N) is 2. The maximum absolute atomic E-state index is 13.6. The lowest BCUT2D eigenvalue weighted by molar-refractivity contribution is 0.604. The first-order chi connectivity index (χ1) is 9.67. The molecule has 21 heavy (non-hydrogen) atoms. The van der Waals surface area contributed by atoms with Crippen molar-refractivity contribution in [1.82, 2.24) is 10.6 Å². The number of guanidine groups is 1. The number of rotatable bonds is 6. The van der Waals surface area contributed by atoms with E-state index in [2.05, 4.69) is 37.5 Å². The van der Waals surface area contributed by atoms with Crippen molar-refractivity contribution in [2.45, 2.75) is 19.8 Å². The molecular weight excluding hydrogens is 448 g/mol. The summed E-state index contributed by atoms with van der Waals surface area (Å²) in [6.45, 7) is 3.82. The number of terminal acetylenes is 1. The molecule has 0 aliphatic heterocycles. The molecule has 0 spiro atoms. The highest BCUT2D eigenvalue weighted by atomic mass is 127. The summed E-state index contributed by atoms with van der Waals surface area (Å²) in [6.07, 6.45) is 6.64. The molecule has 3 nitrogen and oxygen atoms in total. The zero-order valence-electron chi connectivity index (χ0n) is 12.0. The summed E-state index contributed by atoms with van der Waals surface area (Å²) < 4.78 is 14.4. The maximum Gasteiger partial charge on any atom is 0.192 e. The molecule has 6 heteroatoms. The normalized spacial score (nSPS) is 10.5. The van der Waals surface area contributed by atoms with Crippen LogP contribution < -0.4 is 10.6 Å². The number of aryl methyl sites for hydroxylation is 1. The third kappa shape index (κ3) is 8.27. The Labute approximate surface area is 151 Å². The van der Waals surface area contributed by atoms with Gasteiger partial charge in [-0.15, -0.1) is 30.4 Å². The van der Waals surface area contributed by atoms with E-state index in [9.17, 15) is 4.39 Å². The molecule has 0 aromatic heterocycles. The third-order valence-corrected chi connectivity index (χ3v) is 3.08. The van der Waals surface area contributed by atoms with Gasteiger partial charge in [-0.05, 0) is 37.5 Å². The Balaban J connectivity index is 0.00000400. The van der Waals surface area contributed by atoms with Gasteiger partial charge in [-0.1, -0.05) is 27.9 Å². The fourth-order valence-corrected chi connectivity index (χ4v) is 1.99. The van der Waals surface area contributed by atoms with Gasteiger partial charge in [0, 0.05) is 17.6 Å². The van der Waals surface area contributed by atoms with Crippen LogP contribution in [-0.2, 0) is 6.42 Å². The van der Waals surface area contributed by atoms with Crippen LogP contribution in [0.3, 0.4) is 0 Å². The quantitative estimate of drug-likeness (QED) is 0.221. The van der Waals surface area contributed by atoms with Crippen molar-refractivity contribution in [2.75, 3.05) is 19.6 Å². The van der Waals surface area contributed by atoms with Crippen molar-refractivity contribution in [3.05, 3.63) is 34.1 Å². The molecule has 0 aliphatic carbocycles. The summed E-state index contributed by atoms with van der Waals surface area (Å²) in [7, 11) is 0. The summed E-state index contributed by atoms with van der Waals surface area (Å²) in [5.41, 5.74) is 0.713. The number of benzene rings is 1. The summed E-state index contributed by atoms with van der Waals surface area (Å²) in [6, 6.07) is 5.13. The van der Waals surface area contributed by atoms with E-state index in [-0.39, 0.29) is 29.8 Å². The van der Waals surface area contributed by atoms with Crippen LogP contribution in [0.1, 0.15) is 18.9 Å². The Morgan fingerprint density at radius 3 is 2.81 bits per heavy atom. The van der Waals surface area contributed by atoms with Crippen LogP contribution in [0.4, 0.5) is 4.39 Å². The monoisotopic (exact) mass is 467 g/mol. The van der Waals surface area contributed by atoms with Crippen molar-refractivity contribution in [2.24, 2.45) is 4.99 Å². The van der Waals surface area contributed by atoms with Crippen molar-refractivity contribution in [3.63, 3.8) is 0 Å². The lowest BCUT2D eigenvalue weighted by Gasteiger charge is -2.08. The topological polar surface area (TPSA) is 36.4 Å². The van der Waals surface area contributed by atoms with Gasteiger partial charge in [-0.2, -0.15) is 0 Å². The Bertz CT molecular complexity index is 500. The van der Waals surface area contributed by atoms with Gasteiger partial charge in [0.2, 0.25) is 0 Å². The van der Waals surface area contributed by atoms with Gasteiger partial charge in [0.1, 0.15) is 5.82 Å². The van der Waals surface area contributed by atoms with Gasteiger partial charge in [0.05, 0.1) is 6.54 Å². The molecule has 1 aromatic carbocycles. The molecule has 0 saturated carbocycles. The Morgan fingerprint density at radius 1 is 1.43 bits per heavy atom. The van der Waals surface area contributed by atoms with E-state index in [1.165, 1.54) is 6.07 Å². The molecule has 0 radical (unpaired) electrons. The van der Waals surface area contributed by atoms with Crippen LogP contribution in [0.25, 0.3) is 0 Å². The average molecular weight is 468 g/mol. The predicted molar refractivity (Wildman–Crippen MR) is 101 cm³/mol. The van der Waals surface area contributed by atoms with Crippen molar-refractivity contribution < 1.29 is 4.39 Å². The fraction of sp³-hybridized carbons (Fsp3) is 0.400. The summed E-state index contributed by atoms with van der Waals surface area (Å²) >= 11 is 3.24. The largest absolute Gasteiger partial charge is 0.357 e. The first-order valence-corrected chi connectivity index (χ1v) is 7.36. The van der Waals surface area contributed by atoms with E-state index >= 15 is 0 Å². The summed E-state index contributed by atoms with van der Waals surface area (Å²) in [5, 5.41) is 6.11. The second kappa shape index (κ2) is 11.8. The standard InChI is InChI=1S/C15H19BrFN3.HI/c1-3-9-19-15(18-4-2)20-10-5-6-12-7-8-13(16)11-14(12)17;/h1,7-8,11H,4-6,9-10H2,2H3,(H2,18,19,20);1H. The van der Waals surface area contributed by atoms with Gasteiger partial charge in [0.25, 0.3) is 0 Å². The van der Waals surface area contributed by atoms with Gasteiger partial charge < -0.3 is 10.6 Å². The number of hydrogen-bond acceptors (Lipinski definition) is 1. The van der Waals surface area contributed by atoms with E-state index in [0.29, 0.717) is 31.0 Å². The zero-order chi connectivity index (χ0) is 14.8. The highest BCUT2D eigenvalue weighted by molar-refractivity contribution is 14.0. The Hall–Kier alpha value is -0.810. The second-order valence-corrected chi connectivity index (χ2v) is 5.07. The molecule has 0 fully saturated rings. The molecule has 0 saturated heterocycles. The molecule has 1 rings (SSSR count). The second-order valence-electron chi connectivity index (χ2n) is 4.16. The molecule has 0 bridgehead atoms. The van der Waals surface area contributed by atoms with E-state index in [1.54, 1.807) is 6.07 Å². The number of hydrogen-bond donors (Lipinski definition) is 2. The molecule has 0 unspecified atom stereocenters. The van der Waals surface area contributed by atoms with Crippen LogP contribution in [0.15, 0.2) is 27.7 Å². The summed E-state index contributed by atoms with van der Waals surface area (Å²) in [4.78, 5) is 4.38. The highest BCUT2D eigenvalue weighted by Crippen LogP contribution is 2.16. The van der Waals surface area contributed by atoms with Crippen molar-refractivity contribution in [3.8, 4) is 12.3 Å². The smallest absolute Gasteiger partial charge is 0.192 e. The Kier molecular flexibility index (Phi) is 11.4. The number of halogens is 3. The molecular formula is C15H20BrFIN3. The first kappa shape index (κ1) is 20.2. The van der Waals surface area contributed by atoms with Crippen LogP contribution in [-0.4, -0.2) is 25.6 Å². The van der Waals surface area contributed by atoms with Crippen molar-refractivity contribution >= 4 is 45.9 Å². The fourth-order valence-electron chi connectivity index (χ4n) is 1.66. The molecule has 0 atom stereocenters. The molecule has 0 amide bonds. The molecule has 116 valence electrons. The lowest BCUT2D eigenvalue weighted by Crippen LogP contribution is -2.37.